The summed E-state index contributed by atoms with van der Waals surface area (Å²) < 4.78 is 0. The quantitative estimate of drug-likeness (QED) is 0.760. The molecule has 78 valence electrons. The lowest BCUT2D eigenvalue weighted by Gasteiger charge is -2.24. The van der Waals surface area contributed by atoms with Crippen LogP contribution in [0, 0.1) is 0 Å². The highest BCUT2D eigenvalue weighted by Gasteiger charge is 2.34. The Kier molecular flexibility index (Phi) is 3.57. The van der Waals surface area contributed by atoms with Crippen LogP contribution in [0.4, 0.5) is 0 Å². The molecule has 0 spiro atoms. The Morgan fingerprint density at radius 3 is 2.43 bits per heavy atom. The van der Waals surface area contributed by atoms with Gasteiger partial charge in [-0.15, -0.1) is 12.4 Å². The van der Waals surface area contributed by atoms with Gasteiger partial charge in [-0.25, -0.2) is 0 Å². The predicted molar refractivity (Wildman–Crippen MR) is 62.9 cm³/mol. The summed E-state index contributed by atoms with van der Waals surface area (Å²) in [4.78, 5) is 0. The molecule has 0 radical (unpaired) electrons. The van der Waals surface area contributed by atoms with E-state index in [0.29, 0.717) is 11.5 Å². The Hall–Kier alpha value is -0.530. The number of halogens is 1. The third-order valence-corrected chi connectivity index (χ3v) is 3.25. The summed E-state index contributed by atoms with van der Waals surface area (Å²) in [5.41, 5.74) is 7.73. The molecule has 0 unspecified atom stereocenters. The lowest BCUT2D eigenvalue weighted by molar-refractivity contribution is 0.482. The van der Waals surface area contributed by atoms with Gasteiger partial charge in [-0.3, -0.25) is 0 Å². The number of hydrogen-bond acceptors (Lipinski definition) is 1. The number of hydrogen-bond donors (Lipinski definition) is 1. The van der Waals surface area contributed by atoms with Crippen LogP contribution in [-0.4, -0.2) is 6.04 Å². The minimum atomic E-state index is 0. The summed E-state index contributed by atoms with van der Waals surface area (Å²) in [5, 5.41) is 0. The van der Waals surface area contributed by atoms with Crippen LogP contribution in [0.25, 0.3) is 0 Å². The minimum Gasteiger partial charge on any atom is -0.328 e. The monoisotopic (exact) mass is 211 g/mol. The van der Waals surface area contributed by atoms with Gasteiger partial charge in [-0.1, -0.05) is 37.3 Å². The molecular weight excluding hydrogens is 194 g/mol. The molecule has 1 aromatic rings. The first kappa shape index (κ1) is 11.5. The third-order valence-electron chi connectivity index (χ3n) is 3.25. The zero-order chi connectivity index (χ0) is 9.31. The Morgan fingerprint density at radius 1 is 1.29 bits per heavy atom. The SMILES string of the molecule is C[C@@]1(c2ccccc2)CC[C@@H](N)C1.Cl. The lowest BCUT2D eigenvalue weighted by atomic mass is 9.81. The molecule has 2 rings (SSSR count). The van der Waals surface area contributed by atoms with Crippen molar-refractivity contribution in [1.82, 2.24) is 0 Å². The first-order valence-electron chi connectivity index (χ1n) is 5.02. The Balaban J connectivity index is 0.000000980. The molecule has 0 bridgehead atoms. The molecule has 1 aliphatic carbocycles. The van der Waals surface area contributed by atoms with Gasteiger partial charge in [0.2, 0.25) is 0 Å². The highest BCUT2D eigenvalue weighted by molar-refractivity contribution is 5.85. The maximum atomic E-state index is 5.95. The standard InChI is InChI=1S/C12H17N.ClH/c1-12(8-7-11(13)9-12)10-5-3-2-4-6-10;/h2-6,11H,7-9,13H2,1H3;1H/t11-,12-;/m1./s1. The average molecular weight is 212 g/mol. The molecule has 1 nitrogen and oxygen atoms in total. The normalized spacial score (nSPS) is 31.1. The number of nitrogens with two attached hydrogens (primary N) is 1. The average Bonchev–Trinajstić information content (AvgIpc) is 2.49. The van der Waals surface area contributed by atoms with Crippen LogP contribution in [0.5, 0.6) is 0 Å². The van der Waals surface area contributed by atoms with E-state index in [9.17, 15) is 0 Å². The second kappa shape index (κ2) is 4.33. The minimum absolute atomic E-state index is 0. The molecule has 2 atom stereocenters. The summed E-state index contributed by atoms with van der Waals surface area (Å²) >= 11 is 0. The van der Waals surface area contributed by atoms with Crippen molar-refractivity contribution < 1.29 is 0 Å². The molecule has 0 aromatic heterocycles. The molecular formula is C12H18ClN. The molecule has 1 saturated carbocycles. The lowest BCUT2D eigenvalue weighted by Crippen LogP contribution is -2.22. The van der Waals surface area contributed by atoms with E-state index >= 15 is 0 Å². The van der Waals surface area contributed by atoms with Crippen molar-refractivity contribution in [1.29, 1.82) is 0 Å². The second-order valence-electron chi connectivity index (χ2n) is 4.43. The zero-order valence-electron chi connectivity index (χ0n) is 8.57. The molecule has 0 heterocycles. The fraction of sp³-hybridized carbons (Fsp3) is 0.500. The molecule has 1 fully saturated rings. The molecule has 2 heteroatoms. The van der Waals surface area contributed by atoms with Crippen LogP contribution in [-0.2, 0) is 5.41 Å². The van der Waals surface area contributed by atoms with Crippen molar-refractivity contribution in [3.63, 3.8) is 0 Å². The van der Waals surface area contributed by atoms with Gasteiger partial charge in [-0.2, -0.15) is 0 Å². The molecule has 1 aliphatic rings. The van der Waals surface area contributed by atoms with E-state index in [2.05, 4.69) is 37.3 Å². The van der Waals surface area contributed by atoms with Crippen molar-refractivity contribution in [3.05, 3.63) is 35.9 Å². The van der Waals surface area contributed by atoms with Crippen LogP contribution in [0.15, 0.2) is 30.3 Å². The Morgan fingerprint density at radius 2 is 1.93 bits per heavy atom. The molecule has 0 saturated heterocycles. The van der Waals surface area contributed by atoms with Gasteiger partial charge in [0.15, 0.2) is 0 Å². The zero-order valence-corrected chi connectivity index (χ0v) is 9.39. The Bertz CT molecular complexity index is 286. The second-order valence-corrected chi connectivity index (χ2v) is 4.43. The molecule has 1 aromatic carbocycles. The van der Waals surface area contributed by atoms with E-state index in [-0.39, 0.29) is 12.4 Å². The summed E-state index contributed by atoms with van der Waals surface area (Å²) in [6, 6.07) is 11.2. The summed E-state index contributed by atoms with van der Waals surface area (Å²) in [7, 11) is 0. The van der Waals surface area contributed by atoms with Gasteiger partial charge in [0.1, 0.15) is 0 Å². The van der Waals surface area contributed by atoms with E-state index in [1.807, 2.05) is 0 Å². The third kappa shape index (κ3) is 2.10. The van der Waals surface area contributed by atoms with Crippen molar-refractivity contribution in [2.24, 2.45) is 5.73 Å². The largest absolute Gasteiger partial charge is 0.328 e. The van der Waals surface area contributed by atoms with Gasteiger partial charge in [-0.05, 0) is 30.2 Å². The van der Waals surface area contributed by atoms with Gasteiger partial charge < -0.3 is 5.73 Å². The van der Waals surface area contributed by atoms with Crippen molar-refractivity contribution in [3.8, 4) is 0 Å². The van der Waals surface area contributed by atoms with Crippen LogP contribution in [0.1, 0.15) is 31.7 Å². The topological polar surface area (TPSA) is 26.0 Å². The van der Waals surface area contributed by atoms with Crippen molar-refractivity contribution >= 4 is 12.4 Å². The number of rotatable bonds is 1. The van der Waals surface area contributed by atoms with Gasteiger partial charge in [0, 0.05) is 6.04 Å². The maximum Gasteiger partial charge on any atom is 0.00475 e. The van der Waals surface area contributed by atoms with Crippen molar-refractivity contribution in [2.75, 3.05) is 0 Å². The predicted octanol–water partition coefficient (Wildman–Crippen LogP) is 2.88. The highest BCUT2D eigenvalue weighted by Crippen LogP contribution is 2.39. The molecule has 0 amide bonds. The summed E-state index contributed by atoms with van der Waals surface area (Å²) in [5.74, 6) is 0. The summed E-state index contributed by atoms with van der Waals surface area (Å²) in [6.07, 6.45) is 3.54. The fourth-order valence-electron chi connectivity index (χ4n) is 2.39. The van der Waals surface area contributed by atoms with E-state index in [4.69, 9.17) is 5.73 Å². The number of benzene rings is 1. The van der Waals surface area contributed by atoms with E-state index < -0.39 is 0 Å². The van der Waals surface area contributed by atoms with E-state index in [1.54, 1.807) is 0 Å². The van der Waals surface area contributed by atoms with Crippen LogP contribution >= 0.6 is 12.4 Å². The Labute approximate surface area is 92.1 Å². The van der Waals surface area contributed by atoms with Crippen molar-refractivity contribution in [2.45, 2.75) is 37.6 Å². The van der Waals surface area contributed by atoms with Crippen LogP contribution < -0.4 is 5.73 Å². The maximum absolute atomic E-state index is 5.95. The van der Waals surface area contributed by atoms with Gasteiger partial charge in [0.05, 0.1) is 0 Å². The van der Waals surface area contributed by atoms with Crippen LogP contribution in [0.2, 0.25) is 0 Å². The molecule has 0 aliphatic heterocycles. The fourth-order valence-corrected chi connectivity index (χ4v) is 2.39. The molecule has 14 heavy (non-hydrogen) atoms. The molecule has 2 N–H and O–H groups in total. The smallest absolute Gasteiger partial charge is 0.00475 e. The van der Waals surface area contributed by atoms with E-state index in [1.165, 1.54) is 18.4 Å². The van der Waals surface area contributed by atoms with Gasteiger partial charge >= 0.3 is 0 Å². The summed E-state index contributed by atoms with van der Waals surface area (Å²) in [6.45, 7) is 2.33. The first-order valence-corrected chi connectivity index (χ1v) is 5.02. The van der Waals surface area contributed by atoms with Crippen LogP contribution in [0.3, 0.4) is 0 Å². The van der Waals surface area contributed by atoms with E-state index in [0.717, 1.165) is 6.42 Å². The highest BCUT2D eigenvalue weighted by atomic mass is 35.5. The first-order chi connectivity index (χ1) is 6.21. The van der Waals surface area contributed by atoms with Gasteiger partial charge in [0.25, 0.3) is 0 Å².